The lowest BCUT2D eigenvalue weighted by atomic mass is 10.1. The number of carbonyl (C=O) groups is 2. The summed E-state index contributed by atoms with van der Waals surface area (Å²) in [5, 5.41) is 11.1. The van der Waals surface area contributed by atoms with Crippen molar-refractivity contribution in [2.24, 2.45) is 0 Å². The van der Waals surface area contributed by atoms with Gasteiger partial charge in [-0.3, -0.25) is 4.79 Å². The summed E-state index contributed by atoms with van der Waals surface area (Å²) >= 11 is 0. The maximum Gasteiger partial charge on any atom is 0.335 e. The van der Waals surface area contributed by atoms with E-state index in [0.29, 0.717) is 0 Å². The van der Waals surface area contributed by atoms with Crippen LogP contribution in [0.4, 0.5) is 10.1 Å². The molecule has 8 heteroatoms. The Hall–Kier alpha value is -2.74. The molecule has 0 fully saturated rings. The third-order valence-electron chi connectivity index (χ3n) is 4.52. The van der Waals surface area contributed by atoms with Gasteiger partial charge in [-0.25, -0.2) is 17.6 Å². The molecule has 2 aromatic rings. The standard InChI is InChI=1S/C19H18FNO5S/c20-16-11-14(19(23)24)5-7-17(16)21-18(22)8-9-27(25,26)15-6-4-12-2-1-3-13(12)10-15/h4-7,10-11H,1-3,8-9H2,(H,21,22)(H,23,24). The summed E-state index contributed by atoms with van der Waals surface area (Å²) in [4.78, 5) is 23.0. The first kappa shape index (κ1) is 19.0. The van der Waals surface area contributed by atoms with Crippen LogP contribution < -0.4 is 5.32 Å². The van der Waals surface area contributed by atoms with E-state index >= 15 is 0 Å². The van der Waals surface area contributed by atoms with E-state index in [9.17, 15) is 22.4 Å². The van der Waals surface area contributed by atoms with Crippen LogP contribution in [0.3, 0.4) is 0 Å². The number of aromatic carboxylic acids is 1. The lowest BCUT2D eigenvalue weighted by molar-refractivity contribution is -0.115. The van der Waals surface area contributed by atoms with Crippen molar-refractivity contribution in [3.63, 3.8) is 0 Å². The summed E-state index contributed by atoms with van der Waals surface area (Å²) in [6, 6.07) is 8.11. The van der Waals surface area contributed by atoms with E-state index in [0.717, 1.165) is 48.6 Å². The molecule has 1 aliphatic rings. The first-order valence-electron chi connectivity index (χ1n) is 8.43. The van der Waals surface area contributed by atoms with Gasteiger partial charge >= 0.3 is 5.97 Å². The van der Waals surface area contributed by atoms with Crippen LogP contribution in [0.5, 0.6) is 0 Å². The average Bonchev–Trinajstić information content (AvgIpc) is 3.09. The number of rotatable bonds is 6. The van der Waals surface area contributed by atoms with E-state index in [-0.39, 0.29) is 22.6 Å². The van der Waals surface area contributed by atoms with Gasteiger partial charge in [0.05, 0.1) is 21.9 Å². The molecule has 1 aliphatic carbocycles. The van der Waals surface area contributed by atoms with Gasteiger partial charge in [-0.1, -0.05) is 6.07 Å². The lowest BCUT2D eigenvalue weighted by Gasteiger charge is -2.09. The number of carboxylic acid groups (broad SMARTS) is 1. The monoisotopic (exact) mass is 391 g/mol. The normalized spacial score (nSPS) is 13.2. The summed E-state index contributed by atoms with van der Waals surface area (Å²) in [5.41, 5.74) is 1.75. The SMILES string of the molecule is O=C(CCS(=O)(=O)c1ccc2c(c1)CCC2)Nc1ccc(C(=O)O)cc1F. The third-order valence-corrected chi connectivity index (χ3v) is 6.23. The summed E-state index contributed by atoms with van der Waals surface area (Å²) in [6.45, 7) is 0. The van der Waals surface area contributed by atoms with E-state index in [1.165, 1.54) is 0 Å². The van der Waals surface area contributed by atoms with Crippen LogP contribution in [0, 0.1) is 5.82 Å². The third kappa shape index (κ3) is 4.33. The molecule has 0 radical (unpaired) electrons. The second-order valence-corrected chi connectivity index (χ2v) is 8.51. The highest BCUT2D eigenvalue weighted by Gasteiger charge is 2.20. The van der Waals surface area contributed by atoms with Crippen LogP contribution >= 0.6 is 0 Å². The number of hydrogen-bond donors (Lipinski definition) is 2. The Bertz CT molecular complexity index is 1020. The number of halogens is 1. The fourth-order valence-corrected chi connectivity index (χ4v) is 4.34. The van der Waals surface area contributed by atoms with Gasteiger partial charge in [0.2, 0.25) is 5.91 Å². The van der Waals surface area contributed by atoms with Crippen LogP contribution in [-0.2, 0) is 27.5 Å². The second kappa shape index (κ2) is 7.48. The Morgan fingerprint density at radius 1 is 1.07 bits per heavy atom. The number of aryl methyl sites for hydroxylation is 2. The van der Waals surface area contributed by atoms with Gasteiger partial charge in [0, 0.05) is 6.42 Å². The summed E-state index contributed by atoms with van der Waals surface area (Å²) in [6.07, 6.45) is 2.47. The number of hydrogen-bond acceptors (Lipinski definition) is 4. The predicted molar refractivity (Wildman–Crippen MR) is 97.1 cm³/mol. The zero-order valence-electron chi connectivity index (χ0n) is 14.4. The number of benzene rings is 2. The van der Waals surface area contributed by atoms with Crippen molar-refractivity contribution in [2.75, 3.05) is 11.1 Å². The summed E-state index contributed by atoms with van der Waals surface area (Å²) in [7, 11) is -3.63. The first-order chi connectivity index (χ1) is 12.8. The van der Waals surface area contributed by atoms with Crippen molar-refractivity contribution >= 4 is 27.4 Å². The molecule has 27 heavy (non-hydrogen) atoms. The molecule has 0 aromatic heterocycles. The van der Waals surface area contributed by atoms with Crippen LogP contribution in [-0.4, -0.2) is 31.2 Å². The van der Waals surface area contributed by atoms with E-state index in [2.05, 4.69) is 5.32 Å². The number of carbonyl (C=O) groups excluding carboxylic acids is 1. The Labute approximate surface area is 155 Å². The van der Waals surface area contributed by atoms with Crippen molar-refractivity contribution in [1.82, 2.24) is 0 Å². The Morgan fingerprint density at radius 3 is 2.52 bits per heavy atom. The lowest BCUT2D eigenvalue weighted by Crippen LogP contribution is -2.18. The van der Waals surface area contributed by atoms with Crippen LogP contribution in [0.15, 0.2) is 41.3 Å². The maximum atomic E-state index is 13.8. The number of nitrogens with one attached hydrogen (secondary N) is 1. The molecule has 0 atom stereocenters. The summed E-state index contributed by atoms with van der Waals surface area (Å²) in [5.74, 6) is -3.24. The molecule has 3 rings (SSSR count). The minimum atomic E-state index is -3.63. The first-order valence-corrected chi connectivity index (χ1v) is 10.1. The number of carboxylic acids is 1. The van der Waals surface area contributed by atoms with Crippen molar-refractivity contribution in [1.29, 1.82) is 0 Å². The fraction of sp³-hybridized carbons (Fsp3) is 0.263. The maximum absolute atomic E-state index is 13.8. The van der Waals surface area contributed by atoms with Crippen LogP contribution in [0.1, 0.15) is 34.3 Å². The summed E-state index contributed by atoms with van der Waals surface area (Å²) < 4.78 is 38.8. The molecular formula is C19H18FNO5S. The Kier molecular flexibility index (Phi) is 5.27. The van der Waals surface area contributed by atoms with E-state index < -0.39 is 33.3 Å². The average molecular weight is 391 g/mol. The second-order valence-electron chi connectivity index (χ2n) is 6.40. The number of amides is 1. The van der Waals surface area contributed by atoms with Gasteiger partial charge in [0.15, 0.2) is 9.84 Å². The largest absolute Gasteiger partial charge is 0.478 e. The number of sulfone groups is 1. The zero-order valence-corrected chi connectivity index (χ0v) is 15.2. The van der Waals surface area contributed by atoms with Crippen molar-refractivity contribution < 1.29 is 27.5 Å². The van der Waals surface area contributed by atoms with Gasteiger partial charge in [-0.15, -0.1) is 0 Å². The highest BCUT2D eigenvalue weighted by Crippen LogP contribution is 2.25. The number of anilines is 1. The smallest absolute Gasteiger partial charge is 0.335 e. The predicted octanol–water partition coefficient (Wildman–Crippen LogP) is 2.82. The quantitative estimate of drug-likeness (QED) is 0.789. The Balaban J connectivity index is 1.64. The molecule has 2 aromatic carbocycles. The van der Waals surface area contributed by atoms with Crippen molar-refractivity contribution in [2.45, 2.75) is 30.6 Å². The molecule has 0 saturated heterocycles. The molecule has 0 heterocycles. The van der Waals surface area contributed by atoms with E-state index in [1.54, 1.807) is 12.1 Å². The van der Waals surface area contributed by atoms with Gasteiger partial charge < -0.3 is 10.4 Å². The Morgan fingerprint density at radius 2 is 1.81 bits per heavy atom. The number of fused-ring (bicyclic) bond motifs is 1. The molecule has 0 saturated carbocycles. The van der Waals surface area contributed by atoms with Crippen molar-refractivity contribution in [3.05, 3.63) is 58.9 Å². The van der Waals surface area contributed by atoms with Gasteiger partial charge in [-0.05, 0) is 60.7 Å². The van der Waals surface area contributed by atoms with Gasteiger partial charge in [-0.2, -0.15) is 0 Å². The molecular weight excluding hydrogens is 373 g/mol. The van der Waals surface area contributed by atoms with Crippen LogP contribution in [0.25, 0.3) is 0 Å². The van der Waals surface area contributed by atoms with Crippen molar-refractivity contribution in [3.8, 4) is 0 Å². The topological polar surface area (TPSA) is 101 Å². The molecule has 6 nitrogen and oxygen atoms in total. The zero-order chi connectivity index (χ0) is 19.6. The highest BCUT2D eigenvalue weighted by molar-refractivity contribution is 7.91. The molecule has 2 N–H and O–H groups in total. The minimum Gasteiger partial charge on any atom is -0.478 e. The van der Waals surface area contributed by atoms with Gasteiger partial charge in [0.25, 0.3) is 0 Å². The highest BCUT2D eigenvalue weighted by atomic mass is 32.2. The fourth-order valence-electron chi connectivity index (χ4n) is 3.05. The molecule has 0 aliphatic heterocycles. The molecule has 142 valence electrons. The molecule has 0 unspecified atom stereocenters. The van der Waals surface area contributed by atoms with Gasteiger partial charge in [0.1, 0.15) is 5.82 Å². The molecule has 1 amide bonds. The molecule has 0 bridgehead atoms. The minimum absolute atomic E-state index is 0.188. The van der Waals surface area contributed by atoms with E-state index in [1.807, 2.05) is 6.07 Å². The van der Waals surface area contributed by atoms with E-state index in [4.69, 9.17) is 5.11 Å². The van der Waals surface area contributed by atoms with Crippen LogP contribution in [0.2, 0.25) is 0 Å². The molecule has 0 spiro atoms.